The molecule has 5 heteroatoms. The number of benzene rings is 1. The molecule has 0 bridgehead atoms. The summed E-state index contributed by atoms with van der Waals surface area (Å²) in [6, 6.07) is 5.14. The lowest BCUT2D eigenvalue weighted by molar-refractivity contribution is -0.385. The van der Waals surface area contributed by atoms with Gasteiger partial charge in [0.15, 0.2) is 0 Å². The highest BCUT2D eigenvalue weighted by Crippen LogP contribution is 2.25. The summed E-state index contributed by atoms with van der Waals surface area (Å²) in [5.41, 5.74) is 1.83. The van der Waals surface area contributed by atoms with E-state index in [1.165, 1.54) is 0 Å². The van der Waals surface area contributed by atoms with Crippen LogP contribution in [0.2, 0.25) is 0 Å². The summed E-state index contributed by atoms with van der Waals surface area (Å²) in [4.78, 5) is 10.3. The zero-order chi connectivity index (χ0) is 11.5. The van der Waals surface area contributed by atoms with Gasteiger partial charge in [0.1, 0.15) is 0 Å². The second-order valence-electron chi connectivity index (χ2n) is 3.87. The number of morpholine rings is 1. The van der Waals surface area contributed by atoms with Crippen LogP contribution >= 0.6 is 0 Å². The predicted molar refractivity (Wildman–Crippen MR) is 59.4 cm³/mol. The fraction of sp³-hybridized carbons (Fsp3) is 0.455. The van der Waals surface area contributed by atoms with Gasteiger partial charge in [-0.3, -0.25) is 10.1 Å². The van der Waals surface area contributed by atoms with E-state index in [0.717, 1.165) is 18.7 Å². The van der Waals surface area contributed by atoms with E-state index in [4.69, 9.17) is 4.74 Å². The number of rotatable bonds is 2. The molecule has 0 saturated carbocycles. The highest BCUT2D eigenvalue weighted by atomic mass is 16.6. The summed E-state index contributed by atoms with van der Waals surface area (Å²) in [7, 11) is 0. The molecule has 1 aromatic carbocycles. The lowest BCUT2D eigenvalue weighted by Crippen LogP contribution is -2.33. The van der Waals surface area contributed by atoms with Gasteiger partial charge in [-0.05, 0) is 24.6 Å². The van der Waals surface area contributed by atoms with Gasteiger partial charge in [0, 0.05) is 24.7 Å². The van der Waals surface area contributed by atoms with Crippen LogP contribution in [0.15, 0.2) is 18.2 Å². The van der Waals surface area contributed by atoms with Gasteiger partial charge in [0.05, 0.1) is 17.6 Å². The van der Waals surface area contributed by atoms with Crippen LogP contribution < -0.4 is 5.32 Å². The number of hydrogen-bond donors (Lipinski definition) is 1. The van der Waals surface area contributed by atoms with E-state index in [1.807, 2.05) is 6.07 Å². The third-order valence-electron chi connectivity index (χ3n) is 2.72. The number of nitro benzene ring substituents is 1. The minimum absolute atomic E-state index is 0.00764. The maximum absolute atomic E-state index is 10.7. The summed E-state index contributed by atoms with van der Waals surface area (Å²) in [5, 5.41) is 13.9. The van der Waals surface area contributed by atoms with Gasteiger partial charge in [0.2, 0.25) is 0 Å². The molecule has 1 aliphatic rings. The molecule has 1 N–H and O–H groups in total. The van der Waals surface area contributed by atoms with E-state index < -0.39 is 0 Å². The Hall–Kier alpha value is -1.46. The third kappa shape index (κ3) is 2.20. The van der Waals surface area contributed by atoms with Crippen molar-refractivity contribution in [3.05, 3.63) is 39.4 Å². The molecule has 1 unspecified atom stereocenters. The molecule has 5 nitrogen and oxygen atoms in total. The van der Waals surface area contributed by atoms with Crippen molar-refractivity contribution in [1.29, 1.82) is 0 Å². The molecule has 1 fully saturated rings. The fourth-order valence-electron chi connectivity index (χ4n) is 1.86. The largest absolute Gasteiger partial charge is 0.371 e. The molecular weight excluding hydrogens is 208 g/mol. The van der Waals surface area contributed by atoms with Crippen LogP contribution in [0.25, 0.3) is 0 Å². The average Bonchev–Trinajstić information content (AvgIpc) is 2.29. The van der Waals surface area contributed by atoms with E-state index in [1.54, 1.807) is 19.1 Å². The first kappa shape index (κ1) is 11.0. The van der Waals surface area contributed by atoms with Gasteiger partial charge in [-0.1, -0.05) is 0 Å². The highest BCUT2D eigenvalue weighted by molar-refractivity contribution is 5.42. The standard InChI is InChI=1S/C11H14N2O3/c1-8-6-9(2-3-10(8)13(14)15)11-7-12-4-5-16-11/h2-3,6,11-12H,4-5,7H2,1H3. The monoisotopic (exact) mass is 222 g/mol. The minimum atomic E-state index is -0.362. The molecule has 1 aromatic rings. The lowest BCUT2D eigenvalue weighted by atomic mass is 10.0. The van der Waals surface area contributed by atoms with Crippen molar-refractivity contribution in [2.75, 3.05) is 19.7 Å². The third-order valence-corrected chi connectivity index (χ3v) is 2.72. The van der Waals surface area contributed by atoms with Gasteiger partial charge in [-0.2, -0.15) is 0 Å². The van der Waals surface area contributed by atoms with Crippen LogP contribution in [0.1, 0.15) is 17.2 Å². The Morgan fingerprint density at radius 2 is 2.38 bits per heavy atom. The number of ether oxygens (including phenoxy) is 1. The quantitative estimate of drug-likeness (QED) is 0.609. The Morgan fingerprint density at radius 3 is 2.94 bits per heavy atom. The molecule has 0 amide bonds. The second-order valence-corrected chi connectivity index (χ2v) is 3.87. The van der Waals surface area contributed by atoms with Crippen LogP contribution in [0, 0.1) is 17.0 Å². The van der Waals surface area contributed by atoms with E-state index in [2.05, 4.69) is 5.32 Å². The molecule has 0 spiro atoms. The molecule has 1 atom stereocenters. The molecule has 86 valence electrons. The van der Waals surface area contributed by atoms with Crippen molar-refractivity contribution in [3.8, 4) is 0 Å². The molecule has 1 heterocycles. The first-order chi connectivity index (χ1) is 7.68. The first-order valence-corrected chi connectivity index (χ1v) is 5.26. The fourth-order valence-corrected chi connectivity index (χ4v) is 1.86. The van der Waals surface area contributed by atoms with E-state index in [9.17, 15) is 10.1 Å². The topological polar surface area (TPSA) is 64.4 Å². The minimum Gasteiger partial charge on any atom is -0.371 e. The van der Waals surface area contributed by atoms with E-state index in [0.29, 0.717) is 12.2 Å². The number of hydrogen-bond acceptors (Lipinski definition) is 4. The zero-order valence-electron chi connectivity index (χ0n) is 9.10. The Morgan fingerprint density at radius 1 is 1.56 bits per heavy atom. The molecule has 1 aliphatic heterocycles. The number of nitrogens with zero attached hydrogens (tertiary/aromatic N) is 1. The summed E-state index contributed by atoms with van der Waals surface area (Å²) in [6.07, 6.45) is 0.00764. The van der Waals surface area contributed by atoms with Gasteiger partial charge in [-0.25, -0.2) is 0 Å². The SMILES string of the molecule is Cc1cc(C2CNCCO2)ccc1[N+](=O)[O-]. The molecule has 0 radical (unpaired) electrons. The molecule has 0 aromatic heterocycles. The van der Waals surface area contributed by atoms with Crippen LogP contribution in [-0.4, -0.2) is 24.6 Å². The Kier molecular flexibility index (Phi) is 3.17. The maximum Gasteiger partial charge on any atom is 0.272 e. The predicted octanol–water partition coefficient (Wildman–Crippen LogP) is 1.56. The Labute approximate surface area is 93.6 Å². The highest BCUT2D eigenvalue weighted by Gasteiger charge is 2.18. The Bertz CT molecular complexity index is 400. The van der Waals surface area contributed by atoms with Crippen LogP contribution in [0.5, 0.6) is 0 Å². The summed E-state index contributed by atoms with van der Waals surface area (Å²) >= 11 is 0. The van der Waals surface area contributed by atoms with Crippen molar-refractivity contribution in [2.24, 2.45) is 0 Å². The molecule has 16 heavy (non-hydrogen) atoms. The summed E-state index contributed by atoms with van der Waals surface area (Å²) < 4.78 is 5.59. The normalized spacial score (nSPS) is 20.7. The summed E-state index contributed by atoms with van der Waals surface area (Å²) in [6.45, 7) is 4.05. The smallest absolute Gasteiger partial charge is 0.272 e. The average molecular weight is 222 g/mol. The summed E-state index contributed by atoms with van der Waals surface area (Å²) in [5.74, 6) is 0. The Balaban J connectivity index is 2.23. The van der Waals surface area contributed by atoms with Crippen molar-refractivity contribution >= 4 is 5.69 Å². The van der Waals surface area contributed by atoms with Gasteiger partial charge in [0.25, 0.3) is 5.69 Å². The van der Waals surface area contributed by atoms with Gasteiger partial charge < -0.3 is 10.1 Å². The maximum atomic E-state index is 10.7. The van der Waals surface area contributed by atoms with E-state index in [-0.39, 0.29) is 16.7 Å². The second kappa shape index (κ2) is 4.59. The van der Waals surface area contributed by atoms with Crippen LogP contribution in [0.4, 0.5) is 5.69 Å². The molecule has 2 rings (SSSR count). The number of nitro groups is 1. The van der Waals surface area contributed by atoms with Crippen LogP contribution in [-0.2, 0) is 4.74 Å². The van der Waals surface area contributed by atoms with Crippen molar-refractivity contribution in [3.63, 3.8) is 0 Å². The molecule has 1 saturated heterocycles. The van der Waals surface area contributed by atoms with Gasteiger partial charge >= 0.3 is 0 Å². The molecule has 0 aliphatic carbocycles. The zero-order valence-corrected chi connectivity index (χ0v) is 9.10. The van der Waals surface area contributed by atoms with Gasteiger partial charge in [-0.15, -0.1) is 0 Å². The lowest BCUT2D eigenvalue weighted by Gasteiger charge is -2.24. The van der Waals surface area contributed by atoms with E-state index >= 15 is 0 Å². The molecular formula is C11H14N2O3. The van der Waals surface area contributed by atoms with Crippen molar-refractivity contribution < 1.29 is 9.66 Å². The van der Waals surface area contributed by atoms with Crippen LogP contribution in [0.3, 0.4) is 0 Å². The number of aryl methyl sites for hydroxylation is 1. The number of nitrogens with one attached hydrogen (secondary N) is 1. The first-order valence-electron chi connectivity index (χ1n) is 5.26. The van der Waals surface area contributed by atoms with Crippen molar-refractivity contribution in [1.82, 2.24) is 5.32 Å². The van der Waals surface area contributed by atoms with Crippen molar-refractivity contribution in [2.45, 2.75) is 13.0 Å².